The molecule has 0 saturated carbocycles. The van der Waals surface area contributed by atoms with Gasteiger partial charge in [0, 0.05) is 18.3 Å². The molecule has 6 nitrogen and oxygen atoms in total. The molecule has 3 rings (SSSR count). The van der Waals surface area contributed by atoms with Gasteiger partial charge in [-0.2, -0.15) is 5.26 Å². The summed E-state index contributed by atoms with van der Waals surface area (Å²) < 4.78 is 0. The Hall–Kier alpha value is -2.94. The Morgan fingerprint density at radius 3 is 2.92 bits per heavy atom. The van der Waals surface area contributed by atoms with Gasteiger partial charge in [-0.1, -0.05) is 19.1 Å². The maximum atomic E-state index is 12.7. The number of nitriles is 1. The van der Waals surface area contributed by atoms with Crippen LogP contribution in [0.4, 0.5) is 11.6 Å². The highest BCUT2D eigenvalue weighted by Gasteiger charge is 2.24. The quantitative estimate of drug-likeness (QED) is 0.910. The highest BCUT2D eigenvalue weighted by atomic mass is 16.1. The van der Waals surface area contributed by atoms with Crippen molar-refractivity contribution in [1.29, 1.82) is 5.26 Å². The van der Waals surface area contributed by atoms with Gasteiger partial charge in [0.2, 0.25) is 5.95 Å². The van der Waals surface area contributed by atoms with E-state index in [1.807, 2.05) is 6.92 Å². The van der Waals surface area contributed by atoms with Gasteiger partial charge in [0.05, 0.1) is 11.3 Å². The van der Waals surface area contributed by atoms with E-state index in [1.165, 1.54) is 6.42 Å². The SMILES string of the molecule is CCC1CCCCN1c1nc(C)cc(C(=O)Nc2ccccc2C#N)n1. The number of rotatable bonds is 4. The zero-order valence-corrected chi connectivity index (χ0v) is 15.2. The third-order valence-electron chi connectivity index (χ3n) is 4.73. The molecule has 1 fully saturated rings. The largest absolute Gasteiger partial charge is 0.338 e. The van der Waals surface area contributed by atoms with Crippen LogP contribution >= 0.6 is 0 Å². The van der Waals surface area contributed by atoms with E-state index in [0.717, 1.165) is 31.5 Å². The van der Waals surface area contributed by atoms with Crippen molar-refractivity contribution >= 4 is 17.5 Å². The van der Waals surface area contributed by atoms with Gasteiger partial charge in [-0.3, -0.25) is 4.79 Å². The van der Waals surface area contributed by atoms with Crippen molar-refractivity contribution in [2.24, 2.45) is 0 Å². The average molecular weight is 349 g/mol. The van der Waals surface area contributed by atoms with Crippen LogP contribution in [0.1, 0.15) is 54.4 Å². The number of hydrogen-bond acceptors (Lipinski definition) is 5. The summed E-state index contributed by atoms with van der Waals surface area (Å²) in [6.45, 7) is 4.96. The lowest BCUT2D eigenvalue weighted by Gasteiger charge is -2.35. The molecular formula is C20H23N5O. The number of carbonyl (C=O) groups excluding carboxylic acids is 1. The first-order valence-electron chi connectivity index (χ1n) is 9.05. The molecule has 1 aromatic heterocycles. The van der Waals surface area contributed by atoms with E-state index < -0.39 is 0 Å². The summed E-state index contributed by atoms with van der Waals surface area (Å²) in [5, 5.41) is 12.0. The van der Waals surface area contributed by atoms with Crippen molar-refractivity contribution in [3.8, 4) is 6.07 Å². The summed E-state index contributed by atoms with van der Waals surface area (Å²) in [6, 6.07) is 11.1. The van der Waals surface area contributed by atoms with Gasteiger partial charge in [0.1, 0.15) is 11.8 Å². The Bertz CT molecular complexity index is 842. The van der Waals surface area contributed by atoms with Crippen LogP contribution in [0, 0.1) is 18.3 Å². The third-order valence-corrected chi connectivity index (χ3v) is 4.73. The number of nitrogens with zero attached hydrogens (tertiary/aromatic N) is 4. The fourth-order valence-electron chi connectivity index (χ4n) is 3.36. The average Bonchev–Trinajstić information content (AvgIpc) is 2.67. The molecule has 1 aliphatic rings. The van der Waals surface area contributed by atoms with Gasteiger partial charge in [-0.25, -0.2) is 9.97 Å². The van der Waals surface area contributed by atoms with Crippen LogP contribution in [0.15, 0.2) is 30.3 Å². The molecule has 1 N–H and O–H groups in total. The fourth-order valence-corrected chi connectivity index (χ4v) is 3.36. The molecule has 1 aliphatic heterocycles. The number of carbonyl (C=O) groups is 1. The number of hydrogen-bond donors (Lipinski definition) is 1. The Balaban J connectivity index is 1.87. The number of aromatic nitrogens is 2. The summed E-state index contributed by atoms with van der Waals surface area (Å²) in [6.07, 6.45) is 4.50. The number of amides is 1. The van der Waals surface area contributed by atoms with E-state index in [4.69, 9.17) is 0 Å². The molecule has 26 heavy (non-hydrogen) atoms. The van der Waals surface area contributed by atoms with E-state index in [0.29, 0.717) is 28.9 Å². The highest BCUT2D eigenvalue weighted by Crippen LogP contribution is 2.24. The minimum atomic E-state index is -0.329. The molecule has 1 aromatic carbocycles. The number of piperidine rings is 1. The van der Waals surface area contributed by atoms with E-state index in [9.17, 15) is 10.1 Å². The topological polar surface area (TPSA) is 81.9 Å². The second kappa shape index (κ2) is 7.96. The van der Waals surface area contributed by atoms with Gasteiger partial charge in [0.15, 0.2) is 0 Å². The number of anilines is 2. The van der Waals surface area contributed by atoms with Gasteiger partial charge in [-0.15, -0.1) is 0 Å². The molecular weight excluding hydrogens is 326 g/mol. The molecule has 2 heterocycles. The first-order valence-corrected chi connectivity index (χ1v) is 9.05. The van der Waals surface area contributed by atoms with Crippen LogP contribution in [0.5, 0.6) is 0 Å². The lowest BCUT2D eigenvalue weighted by atomic mass is 10.0. The standard InChI is InChI=1S/C20H23N5O/c1-3-16-9-6-7-11-25(16)20-22-14(2)12-18(24-20)19(26)23-17-10-5-4-8-15(17)13-21/h4-5,8,10,12,16H,3,6-7,9,11H2,1-2H3,(H,23,26). The van der Waals surface area contributed by atoms with Crippen molar-refractivity contribution in [2.75, 3.05) is 16.8 Å². The van der Waals surface area contributed by atoms with Crippen molar-refractivity contribution in [2.45, 2.75) is 45.6 Å². The zero-order valence-electron chi connectivity index (χ0n) is 15.2. The summed E-state index contributed by atoms with van der Waals surface area (Å²) in [5.74, 6) is 0.291. The third kappa shape index (κ3) is 3.83. The van der Waals surface area contributed by atoms with Crippen molar-refractivity contribution in [3.63, 3.8) is 0 Å². The Labute approximate surface area is 153 Å². The van der Waals surface area contributed by atoms with Crippen LogP contribution in [-0.4, -0.2) is 28.5 Å². The minimum Gasteiger partial charge on any atom is -0.338 e. The summed E-state index contributed by atoms with van der Waals surface area (Å²) >= 11 is 0. The first-order chi connectivity index (χ1) is 12.6. The molecule has 0 bridgehead atoms. The second-order valence-corrected chi connectivity index (χ2v) is 6.56. The first kappa shape index (κ1) is 17.9. The molecule has 1 unspecified atom stereocenters. The van der Waals surface area contributed by atoms with Gasteiger partial charge in [-0.05, 0) is 50.8 Å². The predicted octanol–water partition coefficient (Wildman–Crippen LogP) is 3.68. The van der Waals surface area contributed by atoms with Gasteiger partial charge < -0.3 is 10.2 Å². The Morgan fingerprint density at radius 1 is 1.35 bits per heavy atom. The van der Waals surface area contributed by atoms with E-state index in [1.54, 1.807) is 30.3 Å². The fraction of sp³-hybridized carbons (Fsp3) is 0.400. The van der Waals surface area contributed by atoms with Crippen LogP contribution < -0.4 is 10.2 Å². The molecule has 0 aliphatic carbocycles. The Morgan fingerprint density at radius 2 is 2.15 bits per heavy atom. The molecule has 1 amide bonds. The molecule has 134 valence electrons. The van der Waals surface area contributed by atoms with Crippen molar-refractivity contribution in [1.82, 2.24) is 9.97 Å². The molecule has 0 spiro atoms. The highest BCUT2D eigenvalue weighted by molar-refractivity contribution is 6.03. The van der Waals surface area contributed by atoms with E-state index >= 15 is 0 Å². The monoisotopic (exact) mass is 349 g/mol. The Kier molecular flexibility index (Phi) is 5.47. The van der Waals surface area contributed by atoms with Crippen molar-refractivity contribution in [3.05, 3.63) is 47.3 Å². The van der Waals surface area contributed by atoms with Gasteiger partial charge in [0.25, 0.3) is 5.91 Å². The van der Waals surface area contributed by atoms with Crippen LogP contribution in [-0.2, 0) is 0 Å². The number of aryl methyl sites for hydroxylation is 1. The second-order valence-electron chi connectivity index (χ2n) is 6.56. The summed E-state index contributed by atoms with van der Waals surface area (Å²) in [5.41, 5.74) is 1.99. The summed E-state index contributed by atoms with van der Waals surface area (Å²) in [4.78, 5) is 24.0. The van der Waals surface area contributed by atoms with Gasteiger partial charge >= 0.3 is 0 Å². The molecule has 1 saturated heterocycles. The van der Waals surface area contributed by atoms with Crippen LogP contribution in [0.2, 0.25) is 0 Å². The molecule has 2 aromatic rings. The predicted molar refractivity (Wildman–Crippen MR) is 101 cm³/mol. The van der Waals surface area contributed by atoms with E-state index in [2.05, 4.69) is 33.2 Å². The maximum Gasteiger partial charge on any atom is 0.274 e. The smallest absolute Gasteiger partial charge is 0.274 e. The van der Waals surface area contributed by atoms with Crippen molar-refractivity contribution < 1.29 is 4.79 Å². The number of para-hydroxylation sites is 1. The lowest BCUT2D eigenvalue weighted by Crippen LogP contribution is -2.40. The van der Waals surface area contributed by atoms with Crippen LogP contribution in [0.3, 0.4) is 0 Å². The van der Waals surface area contributed by atoms with E-state index in [-0.39, 0.29) is 5.91 Å². The summed E-state index contributed by atoms with van der Waals surface area (Å²) in [7, 11) is 0. The van der Waals surface area contributed by atoms with Crippen LogP contribution in [0.25, 0.3) is 0 Å². The lowest BCUT2D eigenvalue weighted by molar-refractivity contribution is 0.102. The normalized spacial score (nSPS) is 16.8. The molecule has 1 atom stereocenters. The minimum absolute atomic E-state index is 0.320. The maximum absolute atomic E-state index is 12.7. The zero-order chi connectivity index (χ0) is 18.5. The molecule has 6 heteroatoms. The number of nitrogens with one attached hydrogen (secondary N) is 1. The number of benzene rings is 1. The molecule has 0 radical (unpaired) electrons.